The van der Waals surface area contributed by atoms with Gasteiger partial charge in [0.2, 0.25) is 0 Å². The number of rotatable bonds is 3. The number of benzene rings is 2. The molecule has 2 aromatic rings. The average molecular weight is 238 g/mol. The Kier molecular flexibility index (Phi) is 2.51. The van der Waals surface area contributed by atoms with E-state index in [1.165, 1.54) is 16.3 Å². The van der Waals surface area contributed by atoms with Crippen molar-refractivity contribution in [2.24, 2.45) is 11.3 Å². The van der Waals surface area contributed by atoms with Gasteiger partial charge in [0.25, 0.3) is 0 Å². The van der Waals surface area contributed by atoms with Crippen molar-refractivity contribution in [3.63, 3.8) is 0 Å². The summed E-state index contributed by atoms with van der Waals surface area (Å²) < 4.78 is 0. The van der Waals surface area contributed by atoms with Crippen LogP contribution in [0.4, 0.5) is 0 Å². The van der Waals surface area contributed by atoms with Crippen molar-refractivity contribution < 1.29 is 4.79 Å². The lowest BCUT2D eigenvalue weighted by atomic mass is 9.97. The largest absolute Gasteiger partial charge is 0.299 e. The summed E-state index contributed by atoms with van der Waals surface area (Å²) in [5.41, 5.74) is 1.41. The van der Waals surface area contributed by atoms with E-state index in [0.717, 1.165) is 6.42 Å². The quantitative estimate of drug-likeness (QED) is 0.790. The highest BCUT2D eigenvalue weighted by Crippen LogP contribution is 2.52. The Hall–Kier alpha value is -1.63. The molecule has 1 heteroatoms. The van der Waals surface area contributed by atoms with Crippen LogP contribution in [0.5, 0.6) is 0 Å². The number of carbonyl (C=O) groups is 1. The van der Waals surface area contributed by atoms with E-state index in [2.05, 4.69) is 38.1 Å². The topological polar surface area (TPSA) is 17.1 Å². The van der Waals surface area contributed by atoms with Gasteiger partial charge >= 0.3 is 0 Å². The normalized spacial score (nSPS) is 20.9. The maximum absolute atomic E-state index is 12.2. The molecule has 0 saturated heterocycles. The zero-order chi connectivity index (χ0) is 12.8. The van der Waals surface area contributed by atoms with Crippen LogP contribution in [0.3, 0.4) is 0 Å². The van der Waals surface area contributed by atoms with Gasteiger partial charge in [-0.15, -0.1) is 0 Å². The van der Waals surface area contributed by atoms with Crippen LogP contribution in [0, 0.1) is 11.3 Å². The molecule has 0 aliphatic heterocycles. The Morgan fingerprint density at radius 2 is 1.83 bits per heavy atom. The average Bonchev–Trinajstić information content (AvgIpc) is 2.99. The van der Waals surface area contributed by atoms with E-state index in [0.29, 0.717) is 12.2 Å². The lowest BCUT2D eigenvalue weighted by molar-refractivity contribution is -0.120. The summed E-state index contributed by atoms with van der Waals surface area (Å²) in [6.45, 7) is 4.36. The third kappa shape index (κ3) is 1.94. The highest BCUT2D eigenvalue weighted by atomic mass is 16.1. The fraction of sp³-hybridized carbons (Fsp3) is 0.353. The van der Waals surface area contributed by atoms with Crippen molar-refractivity contribution in [3.8, 4) is 0 Å². The van der Waals surface area contributed by atoms with Crippen LogP contribution in [-0.4, -0.2) is 5.78 Å². The molecule has 0 bridgehead atoms. The Labute approximate surface area is 108 Å². The molecule has 1 unspecified atom stereocenters. The molecule has 0 radical (unpaired) electrons. The van der Waals surface area contributed by atoms with Crippen molar-refractivity contribution in [2.75, 3.05) is 0 Å². The number of hydrogen-bond acceptors (Lipinski definition) is 1. The van der Waals surface area contributed by atoms with Gasteiger partial charge in [0.15, 0.2) is 0 Å². The molecule has 0 N–H and O–H groups in total. The maximum Gasteiger partial charge on any atom is 0.140 e. The molecule has 2 aromatic carbocycles. The molecule has 0 spiro atoms. The molecule has 0 amide bonds. The van der Waals surface area contributed by atoms with Crippen molar-refractivity contribution in [1.29, 1.82) is 0 Å². The maximum atomic E-state index is 12.2. The van der Waals surface area contributed by atoms with Gasteiger partial charge in [-0.3, -0.25) is 4.79 Å². The lowest BCUT2D eigenvalue weighted by Gasteiger charge is -2.07. The fourth-order valence-electron chi connectivity index (χ4n) is 2.77. The summed E-state index contributed by atoms with van der Waals surface area (Å²) in [6, 6.07) is 14.5. The van der Waals surface area contributed by atoms with Gasteiger partial charge < -0.3 is 0 Å². The monoisotopic (exact) mass is 238 g/mol. The van der Waals surface area contributed by atoms with Crippen LogP contribution < -0.4 is 0 Å². The first kappa shape index (κ1) is 11.5. The summed E-state index contributed by atoms with van der Waals surface area (Å²) >= 11 is 0. The molecule has 1 aliphatic carbocycles. The van der Waals surface area contributed by atoms with E-state index >= 15 is 0 Å². The minimum absolute atomic E-state index is 0.238. The molecule has 0 heterocycles. The van der Waals surface area contributed by atoms with Crippen molar-refractivity contribution in [1.82, 2.24) is 0 Å². The highest BCUT2D eigenvalue weighted by molar-refractivity contribution is 5.93. The van der Waals surface area contributed by atoms with Gasteiger partial charge in [-0.05, 0) is 28.2 Å². The SMILES string of the molecule is CC1(C)CC1C(=O)Cc1cccc2ccccc12. The smallest absolute Gasteiger partial charge is 0.140 e. The molecule has 1 aliphatic rings. The Bertz CT molecular complexity index is 605. The Morgan fingerprint density at radius 3 is 2.56 bits per heavy atom. The number of carbonyl (C=O) groups excluding carboxylic acids is 1. The molecule has 3 rings (SSSR count). The van der Waals surface area contributed by atoms with E-state index in [-0.39, 0.29) is 11.3 Å². The van der Waals surface area contributed by atoms with Crippen LogP contribution in [0.25, 0.3) is 10.8 Å². The summed E-state index contributed by atoms with van der Waals surface area (Å²) in [4.78, 5) is 12.2. The van der Waals surface area contributed by atoms with Crippen LogP contribution in [0.2, 0.25) is 0 Å². The molecule has 1 nitrogen and oxygen atoms in total. The number of Topliss-reactive ketones (excluding diaryl/α,β-unsaturated/α-hetero) is 1. The van der Waals surface area contributed by atoms with Crippen LogP contribution in [0.15, 0.2) is 42.5 Å². The van der Waals surface area contributed by atoms with E-state index in [1.54, 1.807) is 0 Å². The molecule has 92 valence electrons. The molecule has 1 atom stereocenters. The minimum Gasteiger partial charge on any atom is -0.299 e. The van der Waals surface area contributed by atoms with Gasteiger partial charge in [-0.1, -0.05) is 56.3 Å². The summed E-state index contributed by atoms with van der Waals surface area (Å²) in [5, 5.41) is 2.43. The van der Waals surface area contributed by atoms with E-state index in [9.17, 15) is 4.79 Å². The van der Waals surface area contributed by atoms with Gasteiger partial charge in [-0.2, -0.15) is 0 Å². The first-order valence-electron chi connectivity index (χ1n) is 6.57. The van der Waals surface area contributed by atoms with Gasteiger partial charge in [-0.25, -0.2) is 0 Å². The fourth-order valence-corrected chi connectivity index (χ4v) is 2.77. The predicted octanol–water partition coefficient (Wildman–Crippen LogP) is 4.00. The molecule has 1 fully saturated rings. The molecule has 1 saturated carbocycles. The zero-order valence-electron chi connectivity index (χ0n) is 10.9. The summed E-state index contributed by atoms with van der Waals surface area (Å²) in [5.74, 6) is 0.674. The Morgan fingerprint density at radius 1 is 1.17 bits per heavy atom. The van der Waals surface area contributed by atoms with E-state index in [4.69, 9.17) is 0 Å². The van der Waals surface area contributed by atoms with Gasteiger partial charge in [0.05, 0.1) is 0 Å². The molecule has 18 heavy (non-hydrogen) atoms. The molecular weight excluding hydrogens is 220 g/mol. The first-order chi connectivity index (χ1) is 8.58. The Balaban J connectivity index is 1.89. The molecule has 0 aromatic heterocycles. The predicted molar refractivity (Wildman–Crippen MR) is 74.5 cm³/mol. The third-order valence-electron chi connectivity index (χ3n) is 4.15. The first-order valence-corrected chi connectivity index (χ1v) is 6.57. The second-order valence-corrected chi connectivity index (χ2v) is 6.03. The number of fused-ring (bicyclic) bond motifs is 1. The van der Waals surface area contributed by atoms with Gasteiger partial charge in [0.1, 0.15) is 5.78 Å². The van der Waals surface area contributed by atoms with E-state index in [1.807, 2.05) is 18.2 Å². The number of ketones is 1. The standard InChI is InChI=1S/C17H18O/c1-17(2)11-15(17)16(18)10-13-8-5-7-12-6-3-4-9-14(12)13/h3-9,15H,10-11H2,1-2H3. The van der Waals surface area contributed by atoms with Crippen molar-refractivity contribution in [2.45, 2.75) is 26.7 Å². The zero-order valence-corrected chi connectivity index (χ0v) is 10.9. The summed E-state index contributed by atoms with van der Waals surface area (Å²) in [7, 11) is 0. The minimum atomic E-state index is 0.238. The van der Waals surface area contributed by atoms with E-state index < -0.39 is 0 Å². The van der Waals surface area contributed by atoms with Crippen LogP contribution in [0.1, 0.15) is 25.8 Å². The molecular formula is C17H18O. The number of hydrogen-bond donors (Lipinski definition) is 0. The van der Waals surface area contributed by atoms with Crippen molar-refractivity contribution >= 4 is 16.6 Å². The summed E-state index contributed by atoms with van der Waals surface area (Å²) in [6.07, 6.45) is 1.63. The van der Waals surface area contributed by atoms with Gasteiger partial charge in [0, 0.05) is 12.3 Å². The third-order valence-corrected chi connectivity index (χ3v) is 4.15. The van der Waals surface area contributed by atoms with Crippen molar-refractivity contribution in [3.05, 3.63) is 48.0 Å². The second kappa shape index (κ2) is 3.94. The second-order valence-electron chi connectivity index (χ2n) is 6.03. The lowest BCUT2D eigenvalue weighted by Crippen LogP contribution is -2.09. The highest BCUT2D eigenvalue weighted by Gasteiger charge is 2.49. The van der Waals surface area contributed by atoms with Crippen LogP contribution in [-0.2, 0) is 11.2 Å². The van der Waals surface area contributed by atoms with Crippen LogP contribution >= 0.6 is 0 Å².